The molecule has 1 aromatic heterocycles. The van der Waals surface area contributed by atoms with Gasteiger partial charge in [0, 0.05) is 5.92 Å². The zero-order valence-corrected chi connectivity index (χ0v) is 9.93. The summed E-state index contributed by atoms with van der Waals surface area (Å²) in [6, 6.07) is 1.97. The molecule has 0 spiro atoms. The second-order valence-corrected chi connectivity index (χ2v) is 7.07. The van der Waals surface area contributed by atoms with Gasteiger partial charge in [0.25, 0.3) is 0 Å². The molecule has 1 aromatic rings. The zero-order valence-electron chi connectivity index (χ0n) is 8.30. The van der Waals surface area contributed by atoms with Gasteiger partial charge in [-0.1, -0.05) is 0 Å². The average Bonchev–Trinajstić information content (AvgIpc) is 2.74. The summed E-state index contributed by atoms with van der Waals surface area (Å²) >= 11 is 1.59. The van der Waals surface area contributed by atoms with Crippen LogP contribution in [0.5, 0.6) is 0 Å². The molecule has 0 aliphatic carbocycles. The Bertz CT molecular complexity index is 408. The van der Waals surface area contributed by atoms with Gasteiger partial charge in [-0.2, -0.15) is 11.3 Å². The van der Waals surface area contributed by atoms with Gasteiger partial charge in [0.1, 0.15) is 0 Å². The van der Waals surface area contributed by atoms with Gasteiger partial charge < -0.3 is 5.11 Å². The zero-order chi connectivity index (χ0) is 10.9. The molecule has 15 heavy (non-hydrogen) atoms. The van der Waals surface area contributed by atoms with Crippen molar-refractivity contribution in [2.45, 2.75) is 18.9 Å². The predicted molar refractivity (Wildman–Crippen MR) is 60.8 cm³/mol. The van der Waals surface area contributed by atoms with Crippen molar-refractivity contribution in [2.75, 3.05) is 11.5 Å². The van der Waals surface area contributed by atoms with Crippen LogP contribution in [0.2, 0.25) is 0 Å². The third kappa shape index (κ3) is 2.80. The number of aliphatic hydroxyl groups excluding tert-OH is 1. The first-order valence-electron chi connectivity index (χ1n) is 4.96. The molecular formula is C10H14O3S2. The summed E-state index contributed by atoms with van der Waals surface area (Å²) in [6.45, 7) is 0. The lowest BCUT2D eigenvalue weighted by Gasteiger charge is -2.15. The fourth-order valence-corrected chi connectivity index (χ4v) is 4.50. The van der Waals surface area contributed by atoms with E-state index in [0.29, 0.717) is 12.8 Å². The Kier molecular flexibility index (Phi) is 3.13. The highest BCUT2D eigenvalue weighted by Gasteiger charge is 2.32. The summed E-state index contributed by atoms with van der Waals surface area (Å²) in [5.41, 5.74) is 1.09. The molecule has 0 bridgehead atoms. The molecule has 2 rings (SSSR count). The molecule has 2 atom stereocenters. The Morgan fingerprint density at radius 2 is 2.40 bits per heavy atom. The lowest BCUT2D eigenvalue weighted by molar-refractivity contribution is 0.120. The van der Waals surface area contributed by atoms with Crippen molar-refractivity contribution >= 4 is 21.2 Å². The minimum Gasteiger partial charge on any atom is -0.392 e. The molecule has 1 N–H and O–H groups in total. The standard InChI is InChI=1S/C10H14O3S2/c11-10(5-8-1-3-14-6-8)9-2-4-15(12,13)7-9/h1,3,6,9-11H,2,4-5,7H2. The highest BCUT2D eigenvalue weighted by molar-refractivity contribution is 7.91. The number of thiophene rings is 1. The van der Waals surface area contributed by atoms with Gasteiger partial charge in [-0.05, 0) is 35.2 Å². The van der Waals surface area contributed by atoms with E-state index < -0.39 is 15.9 Å². The van der Waals surface area contributed by atoms with Crippen molar-refractivity contribution in [1.82, 2.24) is 0 Å². The largest absolute Gasteiger partial charge is 0.392 e. The minimum atomic E-state index is -2.88. The maximum atomic E-state index is 11.2. The maximum absolute atomic E-state index is 11.2. The molecule has 1 fully saturated rings. The van der Waals surface area contributed by atoms with E-state index in [2.05, 4.69) is 0 Å². The third-order valence-electron chi connectivity index (χ3n) is 2.84. The summed E-state index contributed by atoms with van der Waals surface area (Å²) in [7, 11) is -2.88. The molecule has 0 amide bonds. The Labute approximate surface area is 93.7 Å². The van der Waals surface area contributed by atoms with E-state index in [1.165, 1.54) is 0 Å². The van der Waals surface area contributed by atoms with Gasteiger partial charge >= 0.3 is 0 Å². The van der Waals surface area contributed by atoms with E-state index in [-0.39, 0.29) is 17.4 Å². The van der Waals surface area contributed by atoms with Gasteiger partial charge in [-0.25, -0.2) is 8.42 Å². The average molecular weight is 246 g/mol. The molecule has 0 aromatic carbocycles. The van der Waals surface area contributed by atoms with Crippen molar-refractivity contribution in [3.05, 3.63) is 22.4 Å². The summed E-state index contributed by atoms with van der Waals surface area (Å²) in [4.78, 5) is 0. The van der Waals surface area contributed by atoms with Crippen LogP contribution in [-0.2, 0) is 16.3 Å². The van der Waals surface area contributed by atoms with Gasteiger partial charge in [-0.15, -0.1) is 0 Å². The quantitative estimate of drug-likeness (QED) is 0.868. The van der Waals surface area contributed by atoms with Crippen LogP contribution in [0, 0.1) is 5.92 Å². The molecular weight excluding hydrogens is 232 g/mol. The van der Waals surface area contributed by atoms with E-state index >= 15 is 0 Å². The second-order valence-electron chi connectivity index (χ2n) is 4.07. The summed E-state index contributed by atoms with van der Waals surface area (Å²) in [5.74, 6) is 0.311. The summed E-state index contributed by atoms with van der Waals surface area (Å²) in [5, 5.41) is 13.9. The smallest absolute Gasteiger partial charge is 0.150 e. The van der Waals surface area contributed by atoms with Gasteiger partial charge in [-0.3, -0.25) is 0 Å². The minimum absolute atomic E-state index is 0.0742. The van der Waals surface area contributed by atoms with Crippen LogP contribution in [0.1, 0.15) is 12.0 Å². The number of hydrogen-bond acceptors (Lipinski definition) is 4. The highest BCUT2D eigenvalue weighted by Crippen LogP contribution is 2.24. The lowest BCUT2D eigenvalue weighted by atomic mass is 9.97. The normalized spacial score (nSPS) is 26.6. The first-order chi connectivity index (χ1) is 7.07. The van der Waals surface area contributed by atoms with Crippen LogP contribution >= 0.6 is 11.3 Å². The molecule has 5 heteroatoms. The molecule has 1 saturated heterocycles. The Hall–Kier alpha value is -0.390. The Balaban J connectivity index is 1.95. The van der Waals surface area contributed by atoms with Crippen LogP contribution in [0.15, 0.2) is 16.8 Å². The number of rotatable bonds is 3. The van der Waals surface area contributed by atoms with E-state index in [9.17, 15) is 13.5 Å². The van der Waals surface area contributed by atoms with Crippen LogP contribution in [-0.4, -0.2) is 31.1 Å². The van der Waals surface area contributed by atoms with Crippen molar-refractivity contribution in [3.63, 3.8) is 0 Å². The van der Waals surface area contributed by atoms with E-state index in [1.54, 1.807) is 11.3 Å². The van der Waals surface area contributed by atoms with Crippen LogP contribution in [0.25, 0.3) is 0 Å². The molecule has 84 valence electrons. The summed E-state index contributed by atoms with van der Waals surface area (Å²) in [6.07, 6.45) is 0.661. The monoisotopic (exact) mass is 246 g/mol. The third-order valence-corrected chi connectivity index (χ3v) is 5.36. The molecule has 0 saturated carbocycles. The Morgan fingerprint density at radius 3 is 2.93 bits per heavy atom. The molecule has 1 aliphatic heterocycles. The predicted octanol–water partition coefficient (Wildman–Crippen LogP) is 1.09. The van der Waals surface area contributed by atoms with E-state index in [1.807, 2.05) is 16.8 Å². The van der Waals surface area contributed by atoms with Crippen molar-refractivity contribution in [3.8, 4) is 0 Å². The fraction of sp³-hybridized carbons (Fsp3) is 0.600. The molecule has 1 aliphatic rings. The van der Waals surface area contributed by atoms with E-state index in [0.717, 1.165) is 5.56 Å². The van der Waals surface area contributed by atoms with E-state index in [4.69, 9.17) is 0 Å². The van der Waals surface area contributed by atoms with Crippen molar-refractivity contribution in [1.29, 1.82) is 0 Å². The molecule has 2 unspecified atom stereocenters. The van der Waals surface area contributed by atoms with Crippen molar-refractivity contribution in [2.24, 2.45) is 5.92 Å². The topological polar surface area (TPSA) is 54.4 Å². The van der Waals surface area contributed by atoms with Crippen LogP contribution < -0.4 is 0 Å². The van der Waals surface area contributed by atoms with Crippen LogP contribution in [0.4, 0.5) is 0 Å². The number of sulfone groups is 1. The fourth-order valence-electron chi connectivity index (χ4n) is 1.94. The highest BCUT2D eigenvalue weighted by atomic mass is 32.2. The Morgan fingerprint density at radius 1 is 1.60 bits per heavy atom. The maximum Gasteiger partial charge on any atom is 0.150 e. The number of aliphatic hydroxyl groups is 1. The second kappa shape index (κ2) is 4.23. The lowest BCUT2D eigenvalue weighted by Crippen LogP contribution is -2.23. The SMILES string of the molecule is O=S1(=O)CCC(C(O)Cc2ccsc2)C1. The summed E-state index contributed by atoms with van der Waals surface area (Å²) < 4.78 is 22.5. The first kappa shape index (κ1) is 11.1. The molecule has 2 heterocycles. The molecule has 3 nitrogen and oxygen atoms in total. The van der Waals surface area contributed by atoms with Gasteiger partial charge in [0.2, 0.25) is 0 Å². The van der Waals surface area contributed by atoms with Crippen molar-refractivity contribution < 1.29 is 13.5 Å². The first-order valence-corrected chi connectivity index (χ1v) is 7.73. The molecule has 0 radical (unpaired) electrons. The number of hydrogen-bond donors (Lipinski definition) is 1. The van der Waals surface area contributed by atoms with Crippen LogP contribution in [0.3, 0.4) is 0 Å². The van der Waals surface area contributed by atoms with Gasteiger partial charge in [0.05, 0.1) is 17.6 Å². The van der Waals surface area contributed by atoms with Gasteiger partial charge in [0.15, 0.2) is 9.84 Å².